The third-order valence-corrected chi connectivity index (χ3v) is 3.74. The number of anilines is 1. The van der Waals surface area contributed by atoms with Crippen molar-refractivity contribution in [3.05, 3.63) is 29.7 Å². The number of pyridine rings is 1. The average Bonchev–Trinajstić information content (AvgIpc) is 2.65. The van der Waals surface area contributed by atoms with Gasteiger partial charge in [-0.15, -0.1) is 0 Å². The number of nitrogens with zero attached hydrogens (tertiary/aromatic N) is 3. The zero-order chi connectivity index (χ0) is 12.7. The van der Waals surface area contributed by atoms with Crippen LogP contribution in [0.4, 0.5) is 5.82 Å². The Bertz CT molecular complexity index is 596. The number of carbonyl (C=O) groups is 1. The summed E-state index contributed by atoms with van der Waals surface area (Å²) in [5.41, 5.74) is 1.47. The van der Waals surface area contributed by atoms with Gasteiger partial charge in [-0.1, -0.05) is 12.5 Å². The third kappa shape index (κ3) is 1.52. The smallest absolute Gasteiger partial charge is 0.170 e. The Morgan fingerprint density at radius 2 is 2.17 bits per heavy atom. The van der Waals surface area contributed by atoms with Gasteiger partial charge in [0.2, 0.25) is 0 Å². The number of aldehydes is 1. The molecule has 0 aromatic carbocycles. The molecule has 18 heavy (non-hydrogen) atoms. The lowest BCUT2D eigenvalue weighted by Crippen LogP contribution is -2.17. The van der Waals surface area contributed by atoms with Crippen molar-refractivity contribution in [1.82, 2.24) is 9.38 Å². The summed E-state index contributed by atoms with van der Waals surface area (Å²) in [7, 11) is 4.03. The van der Waals surface area contributed by atoms with E-state index in [1.54, 1.807) is 0 Å². The van der Waals surface area contributed by atoms with Gasteiger partial charge in [-0.25, -0.2) is 4.98 Å². The molecule has 4 heteroatoms. The Morgan fingerprint density at radius 1 is 1.39 bits per heavy atom. The first kappa shape index (κ1) is 11.3. The number of hydrogen-bond acceptors (Lipinski definition) is 3. The molecule has 3 rings (SSSR count). The summed E-state index contributed by atoms with van der Waals surface area (Å²) < 4.78 is 2.13. The van der Waals surface area contributed by atoms with E-state index < -0.39 is 0 Å². The highest BCUT2D eigenvalue weighted by molar-refractivity contribution is 5.84. The number of rotatable bonds is 3. The van der Waals surface area contributed by atoms with Gasteiger partial charge in [0.05, 0.1) is 5.52 Å². The predicted molar refractivity (Wildman–Crippen MR) is 71.5 cm³/mol. The predicted octanol–water partition coefficient (Wildman–Crippen LogP) is 2.48. The zero-order valence-electron chi connectivity index (χ0n) is 10.8. The van der Waals surface area contributed by atoms with Crippen molar-refractivity contribution in [1.29, 1.82) is 0 Å². The van der Waals surface area contributed by atoms with E-state index in [9.17, 15) is 4.79 Å². The quantitative estimate of drug-likeness (QED) is 0.777. The summed E-state index contributed by atoms with van der Waals surface area (Å²) in [5.74, 6) is 2.63. The minimum atomic E-state index is 0.507. The van der Waals surface area contributed by atoms with Crippen LogP contribution in [0.3, 0.4) is 0 Å². The highest BCUT2D eigenvalue weighted by Crippen LogP contribution is 2.37. The van der Waals surface area contributed by atoms with Gasteiger partial charge in [0.25, 0.3) is 0 Å². The molecule has 1 saturated carbocycles. The van der Waals surface area contributed by atoms with Crippen LogP contribution in [0.1, 0.15) is 41.5 Å². The second-order valence-electron chi connectivity index (χ2n) is 5.10. The van der Waals surface area contributed by atoms with Crippen LogP contribution >= 0.6 is 0 Å². The van der Waals surface area contributed by atoms with Crippen LogP contribution in [0.15, 0.2) is 18.2 Å². The standard InChI is InChI=1S/C14H17N3O/c1-16(2)13-8-4-7-12-11(9-18)15-14(17(12)13)10-5-3-6-10/h4,7-10H,3,5-6H2,1-2H3. The number of fused-ring (bicyclic) bond motifs is 1. The molecule has 94 valence electrons. The topological polar surface area (TPSA) is 37.6 Å². The molecule has 0 bridgehead atoms. The Hall–Kier alpha value is -1.84. The molecule has 4 nitrogen and oxygen atoms in total. The van der Waals surface area contributed by atoms with E-state index in [-0.39, 0.29) is 0 Å². The fourth-order valence-electron chi connectivity index (χ4n) is 2.55. The summed E-state index contributed by atoms with van der Waals surface area (Å²) in [4.78, 5) is 17.8. The fraction of sp³-hybridized carbons (Fsp3) is 0.429. The summed E-state index contributed by atoms with van der Waals surface area (Å²) in [6.45, 7) is 0. The second-order valence-corrected chi connectivity index (χ2v) is 5.10. The van der Waals surface area contributed by atoms with E-state index in [0.29, 0.717) is 11.6 Å². The maximum absolute atomic E-state index is 11.2. The molecule has 0 amide bonds. The largest absolute Gasteiger partial charge is 0.364 e. The lowest BCUT2D eigenvalue weighted by atomic mass is 9.85. The van der Waals surface area contributed by atoms with E-state index in [2.05, 4.69) is 20.4 Å². The molecular weight excluding hydrogens is 226 g/mol. The molecule has 2 aromatic rings. The van der Waals surface area contributed by atoms with E-state index in [0.717, 1.165) is 23.4 Å². The molecule has 0 N–H and O–H groups in total. The van der Waals surface area contributed by atoms with Crippen LogP contribution in [0, 0.1) is 0 Å². The monoisotopic (exact) mass is 243 g/mol. The van der Waals surface area contributed by atoms with Crippen molar-refractivity contribution in [3.8, 4) is 0 Å². The molecule has 0 atom stereocenters. The van der Waals surface area contributed by atoms with Gasteiger partial charge in [-0.2, -0.15) is 0 Å². The molecule has 2 aromatic heterocycles. The maximum atomic E-state index is 11.2. The van der Waals surface area contributed by atoms with E-state index in [1.165, 1.54) is 19.3 Å². The summed E-state index contributed by atoms with van der Waals surface area (Å²) in [6, 6.07) is 6.00. The Balaban J connectivity index is 2.30. The van der Waals surface area contributed by atoms with Crippen molar-refractivity contribution >= 4 is 17.6 Å². The van der Waals surface area contributed by atoms with Crippen molar-refractivity contribution in [2.75, 3.05) is 19.0 Å². The van der Waals surface area contributed by atoms with Gasteiger partial charge in [0, 0.05) is 20.0 Å². The molecule has 1 aliphatic rings. The van der Waals surface area contributed by atoms with Crippen molar-refractivity contribution < 1.29 is 4.79 Å². The maximum Gasteiger partial charge on any atom is 0.170 e. The summed E-state index contributed by atoms with van der Waals surface area (Å²) >= 11 is 0. The molecule has 1 fully saturated rings. The number of carbonyl (C=O) groups excluding carboxylic acids is 1. The van der Waals surface area contributed by atoms with Crippen LogP contribution in [-0.4, -0.2) is 29.8 Å². The highest BCUT2D eigenvalue weighted by atomic mass is 16.1. The van der Waals surface area contributed by atoms with Gasteiger partial charge in [-0.05, 0) is 25.0 Å². The van der Waals surface area contributed by atoms with Crippen molar-refractivity contribution in [2.45, 2.75) is 25.2 Å². The highest BCUT2D eigenvalue weighted by Gasteiger charge is 2.26. The lowest BCUT2D eigenvalue weighted by Gasteiger charge is -2.26. The first-order valence-corrected chi connectivity index (χ1v) is 6.36. The normalized spacial score (nSPS) is 15.7. The third-order valence-electron chi connectivity index (χ3n) is 3.74. The van der Waals surface area contributed by atoms with E-state index in [4.69, 9.17) is 0 Å². The molecule has 0 radical (unpaired) electrons. The van der Waals surface area contributed by atoms with Crippen molar-refractivity contribution in [3.63, 3.8) is 0 Å². The minimum absolute atomic E-state index is 0.507. The van der Waals surface area contributed by atoms with Gasteiger partial charge in [-0.3, -0.25) is 9.20 Å². The first-order chi connectivity index (χ1) is 8.72. The Labute approximate surface area is 106 Å². The molecule has 1 aliphatic carbocycles. The van der Waals surface area contributed by atoms with E-state index >= 15 is 0 Å². The molecule has 0 aliphatic heterocycles. The van der Waals surface area contributed by atoms with Crippen LogP contribution in [0.2, 0.25) is 0 Å². The van der Waals surface area contributed by atoms with Crippen LogP contribution in [0.25, 0.3) is 5.52 Å². The molecule has 0 unspecified atom stereocenters. The minimum Gasteiger partial charge on any atom is -0.364 e. The second kappa shape index (κ2) is 4.12. The Morgan fingerprint density at radius 3 is 2.72 bits per heavy atom. The van der Waals surface area contributed by atoms with Gasteiger partial charge < -0.3 is 4.90 Å². The average molecular weight is 243 g/mol. The van der Waals surface area contributed by atoms with E-state index in [1.807, 2.05) is 26.2 Å². The lowest BCUT2D eigenvalue weighted by molar-refractivity contribution is 0.112. The van der Waals surface area contributed by atoms with Crippen LogP contribution in [-0.2, 0) is 0 Å². The van der Waals surface area contributed by atoms with Gasteiger partial charge in [0.15, 0.2) is 6.29 Å². The molecule has 0 spiro atoms. The SMILES string of the molecule is CN(C)c1cccc2c(C=O)nc(C3CCC3)n12. The van der Waals surface area contributed by atoms with Crippen molar-refractivity contribution in [2.24, 2.45) is 0 Å². The van der Waals surface area contributed by atoms with Crippen LogP contribution < -0.4 is 4.90 Å². The molecular formula is C14H17N3O. The summed E-state index contributed by atoms with van der Waals surface area (Å²) in [6.07, 6.45) is 4.48. The Kier molecular flexibility index (Phi) is 2.58. The van der Waals surface area contributed by atoms with Gasteiger partial charge in [0.1, 0.15) is 17.3 Å². The first-order valence-electron chi connectivity index (χ1n) is 6.36. The fourth-order valence-corrected chi connectivity index (χ4v) is 2.55. The zero-order valence-corrected chi connectivity index (χ0v) is 10.8. The number of imidazole rings is 1. The summed E-state index contributed by atoms with van der Waals surface area (Å²) in [5, 5.41) is 0. The van der Waals surface area contributed by atoms with Crippen LogP contribution in [0.5, 0.6) is 0 Å². The molecule has 0 saturated heterocycles. The molecule has 2 heterocycles. The number of hydrogen-bond donors (Lipinski definition) is 0. The number of aromatic nitrogens is 2. The van der Waals surface area contributed by atoms with Gasteiger partial charge >= 0.3 is 0 Å².